The van der Waals surface area contributed by atoms with Gasteiger partial charge in [0.1, 0.15) is 0 Å². The monoisotopic (exact) mass is 352 g/mol. The van der Waals surface area contributed by atoms with Crippen LogP contribution >= 0.6 is 34.8 Å². The van der Waals surface area contributed by atoms with Gasteiger partial charge in [0.05, 0.1) is 27.3 Å². The predicted octanol–water partition coefficient (Wildman–Crippen LogP) is 3.68. The first kappa shape index (κ1) is 18.5. The molecule has 0 bridgehead atoms. The van der Waals surface area contributed by atoms with Crippen molar-refractivity contribution in [1.82, 2.24) is 4.90 Å². The molecule has 0 aliphatic heterocycles. The highest BCUT2D eigenvalue weighted by Crippen LogP contribution is 2.32. The molecule has 0 saturated heterocycles. The molecule has 1 aromatic carbocycles. The molecular formula is C14H19Cl3N2O2. The minimum Gasteiger partial charge on any atom is -0.396 e. The van der Waals surface area contributed by atoms with Crippen molar-refractivity contribution in [3.8, 4) is 0 Å². The van der Waals surface area contributed by atoms with Crippen LogP contribution in [-0.2, 0) is 4.79 Å². The molecule has 4 nitrogen and oxygen atoms in total. The van der Waals surface area contributed by atoms with Crippen molar-refractivity contribution < 1.29 is 9.90 Å². The van der Waals surface area contributed by atoms with Gasteiger partial charge in [0.25, 0.3) is 0 Å². The van der Waals surface area contributed by atoms with Crippen LogP contribution in [0.1, 0.15) is 19.3 Å². The van der Waals surface area contributed by atoms with E-state index in [-0.39, 0.29) is 19.1 Å². The van der Waals surface area contributed by atoms with E-state index in [1.54, 1.807) is 0 Å². The number of hydrogen-bond donors (Lipinski definition) is 2. The molecule has 1 rings (SSSR count). The van der Waals surface area contributed by atoms with Crippen molar-refractivity contribution >= 4 is 46.4 Å². The van der Waals surface area contributed by atoms with E-state index in [0.29, 0.717) is 20.8 Å². The zero-order chi connectivity index (χ0) is 15.8. The lowest BCUT2D eigenvalue weighted by Crippen LogP contribution is -2.31. The second kappa shape index (κ2) is 9.49. The number of benzene rings is 1. The number of likely N-dealkylation sites (N-methyl/N-ethyl adjacent to an activating group) is 1. The third kappa shape index (κ3) is 6.85. The van der Waals surface area contributed by atoms with E-state index in [1.807, 2.05) is 11.9 Å². The Morgan fingerprint density at radius 2 is 1.81 bits per heavy atom. The summed E-state index contributed by atoms with van der Waals surface area (Å²) in [5, 5.41) is 12.5. The van der Waals surface area contributed by atoms with Crippen LogP contribution < -0.4 is 5.32 Å². The quantitative estimate of drug-likeness (QED) is 0.554. The first-order chi connectivity index (χ1) is 9.93. The molecule has 0 aliphatic rings. The molecule has 0 unspecified atom stereocenters. The van der Waals surface area contributed by atoms with Gasteiger partial charge in [-0.25, -0.2) is 0 Å². The molecule has 1 amide bonds. The van der Waals surface area contributed by atoms with E-state index >= 15 is 0 Å². The predicted molar refractivity (Wildman–Crippen MR) is 88.5 cm³/mol. The fourth-order valence-electron chi connectivity index (χ4n) is 1.80. The molecule has 0 aliphatic carbocycles. The summed E-state index contributed by atoms with van der Waals surface area (Å²) in [5.74, 6) is -0.167. The van der Waals surface area contributed by atoms with Crippen molar-refractivity contribution in [3.05, 3.63) is 27.2 Å². The summed E-state index contributed by atoms with van der Waals surface area (Å²) < 4.78 is 0. The number of aliphatic hydroxyl groups is 1. The Bertz CT molecular complexity index is 484. The highest BCUT2D eigenvalue weighted by Gasteiger charge is 2.11. The molecule has 0 spiro atoms. The summed E-state index contributed by atoms with van der Waals surface area (Å²) in [6, 6.07) is 3.03. The molecule has 0 radical (unpaired) electrons. The first-order valence-electron chi connectivity index (χ1n) is 6.68. The number of hydrogen-bond acceptors (Lipinski definition) is 3. The fraction of sp³-hybridized carbons (Fsp3) is 0.500. The van der Waals surface area contributed by atoms with E-state index in [9.17, 15) is 4.79 Å². The normalized spacial score (nSPS) is 11.0. The maximum absolute atomic E-state index is 11.9. The van der Waals surface area contributed by atoms with Gasteiger partial charge in [0.15, 0.2) is 0 Å². The van der Waals surface area contributed by atoms with Gasteiger partial charge in [-0.15, -0.1) is 0 Å². The Balaban J connectivity index is 2.45. The van der Waals surface area contributed by atoms with Crippen molar-refractivity contribution in [3.63, 3.8) is 0 Å². The lowest BCUT2D eigenvalue weighted by atomic mass is 10.2. The average Bonchev–Trinajstić information content (AvgIpc) is 2.41. The van der Waals surface area contributed by atoms with Crippen LogP contribution in [-0.4, -0.2) is 42.7 Å². The van der Waals surface area contributed by atoms with Gasteiger partial charge in [-0.3, -0.25) is 9.69 Å². The molecule has 0 atom stereocenters. The number of rotatable bonds is 8. The molecular weight excluding hydrogens is 335 g/mol. The van der Waals surface area contributed by atoms with Crippen LogP contribution in [0.25, 0.3) is 0 Å². The van der Waals surface area contributed by atoms with E-state index in [0.717, 1.165) is 25.8 Å². The molecule has 7 heteroatoms. The zero-order valence-electron chi connectivity index (χ0n) is 11.8. The van der Waals surface area contributed by atoms with Crippen molar-refractivity contribution in [2.75, 3.05) is 32.1 Å². The molecule has 0 aromatic heterocycles. The Morgan fingerprint density at radius 3 is 2.48 bits per heavy atom. The van der Waals surface area contributed by atoms with E-state index < -0.39 is 0 Å². The molecule has 0 heterocycles. The van der Waals surface area contributed by atoms with Gasteiger partial charge in [-0.2, -0.15) is 0 Å². The van der Waals surface area contributed by atoms with Crippen LogP contribution in [0.5, 0.6) is 0 Å². The number of amides is 1. The topological polar surface area (TPSA) is 52.6 Å². The summed E-state index contributed by atoms with van der Waals surface area (Å²) >= 11 is 17.7. The maximum Gasteiger partial charge on any atom is 0.238 e. The van der Waals surface area contributed by atoms with E-state index in [4.69, 9.17) is 39.9 Å². The largest absolute Gasteiger partial charge is 0.396 e. The summed E-state index contributed by atoms with van der Waals surface area (Å²) in [6.45, 7) is 1.26. The second-order valence-corrected chi connectivity index (χ2v) is 6.04. The van der Waals surface area contributed by atoms with Gasteiger partial charge >= 0.3 is 0 Å². The molecule has 21 heavy (non-hydrogen) atoms. The number of unbranched alkanes of at least 4 members (excludes halogenated alkanes) is 2. The van der Waals surface area contributed by atoms with E-state index in [2.05, 4.69) is 5.32 Å². The van der Waals surface area contributed by atoms with Crippen LogP contribution in [0.4, 0.5) is 5.69 Å². The third-order valence-corrected chi connectivity index (χ3v) is 3.93. The second-order valence-electron chi connectivity index (χ2n) is 4.82. The third-order valence-electron chi connectivity index (χ3n) is 2.90. The Kier molecular flexibility index (Phi) is 8.37. The number of nitrogens with zero attached hydrogens (tertiary/aromatic N) is 1. The Hall–Kier alpha value is -0.520. The standard InChI is InChI=1S/C14H19Cl3N2O2/c1-19(5-3-2-4-6-20)9-14(21)18-13-8-11(16)10(15)7-12(13)17/h7-8,20H,2-6,9H2,1H3,(H,18,21). The molecule has 0 fully saturated rings. The van der Waals surface area contributed by atoms with Crippen molar-refractivity contribution in [1.29, 1.82) is 0 Å². The molecule has 118 valence electrons. The molecule has 2 N–H and O–H groups in total. The summed E-state index contributed by atoms with van der Waals surface area (Å²) in [6.07, 6.45) is 2.68. The zero-order valence-corrected chi connectivity index (χ0v) is 14.1. The SMILES string of the molecule is CN(CCCCCO)CC(=O)Nc1cc(Cl)c(Cl)cc1Cl. The van der Waals surface area contributed by atoms with Crippen molar-refractivity contribution in [2.24, 2.45) is 0 Å². The molecule has 1 aromatic rings. The maximum atomic E-state index is 11.9. The van der Waals surface area contributed by atoms with Gasteiger partial charge in [0.2, 0.25) is 5.91 Å². The van der Waals surface area contributed by atoms with Crippen LogP contribution in [0, 0.1) is 0 Å². The van der Waals surface area contributed by atoms with Crippen LogP contribution in [0.2, 0.25) is 15.1 Å². The highest BCUT2D eigenvalue weighted by atomic mass is 35.5. The minimum atomic E-state index is -0.167. The number of halogens is 3. The number of anilines is 1. The smallest absolute Gasteiger partial charge is 0.238 e. The Labute approximate surface area is 140 Å². The molecule has 0 saturated carbocycles. The van der Waals surface area contributed by atoms with Crippen LogP contribution in [0.15, 0.2) is 12.1 Å². The van der Waals surface area contributed by atoms with Gasteiger partial charge < -0.3 is 10.4 Å². The van der Waals surface area contributed by atoms with Gasteiger partial charge in [0, 0.05) is 6.61 Å². The van der Waals surface area contributed by atoms with E-state index in [1.165, 1.54) is 12.1 Å². The van der Waals surface area contributed by atoms with Gasteiger partial charge in [-0.05, 0) is 45.0 Å². The summed E-state index contributed by atoms with van der Waals surface area (Å²) in [7, 11) is 1.87. The van der Waals surface area contributed by atoms with Crippen LogP contribution in [0.3, 0.4) is 0 Å². The summed E-state index contributed by atoms with van der Waals surface area (Å²) in [5.41, 5.74) is 0.449. The number of nitrogens with one attached hydrogen (secondary N) is 1. The van der Waals surface area contributed by atoms with Crippen molar-refractivity contribution in [2.45, 2.75) is 19.3 Å². The minimum absolute atomic E-state index is 0.167. The first-order valence-corrected chi connectivity index (χ1v) is 7.81. The average molecular weight is 354 g/mol. The number of carbonyl (C=O) groups is 1. The summed E-state index contributed by atoms with van der Waals surface area (Å²) in [4.78, 5) is 13.8. The number of aliphatic hydroxyl groups excluding tert-OH is 1. The van der Waals surface area contributed by atoms with Gasteiger partial charge in [-0.1, -0.05) is 34.8 Å². The highest BCUT2D eigenvalue weighted by molar-refractivity contribution is 6.44. The lowest BCUT2D eigenvalue weighted by molar-refractivity contribution is -0.117. The Morgan fingerprint density at radius 1 is 1.14 bits per heavy atom. The fourth-order valence-corrected chi connectivity index (χ4v) is 2.40. The lowest BCUT2D eigenvalue weighted by Gasteiger charge is -2.16. The number of carbonyl (C=O) groups excluding carboxylic acids is 1.